The molecule has 0 saturated heterocycles. The average Bonchev–Trinajstić information content (AvgIpc) is 2.47. The molecule has 62 valence electrons. The van der Waals surface area contributed by atoms with Crippen molar-refractivity contribution >= 4 is 0 Å². The highest BCUT2D eigenvalue weighted by atomic mass is 14.4. The molecular weight excluding hydrogens is 132 g/mol. The molecular formula is C11H18. The van der Waals surface area contributed by atoms with Crippen LogP contribution in [0.15, 0.2) is 11.6 Å². The molecule has 0 N–H and O–H groups in total. The lowest BCUT2D eigenvalue weighted by atomic mass is 9.80. The van der Waals surface area contributed by atoms with Crippen LogP contribution in [0.1, 0.15) is 45.4 Å². The lowest BCUT2D eigenvalue weighted by Gasteiger charge is -2.25. The summed E-state index contributed by atoms with van der Waals surface area (Å²) in [4.78, 5) is 0. The number of fused-ring (bicyclic) bond motifs is 1. The molecule has 0 spiro atoms. The van der Waals surface area contributed by atoms with Crippen LogP contribution in [0.25, 0.3) is 0 Å². The van der Waals surface area contributed by atoms with Gasteiger partial charge in [0.1, 0.15) is 0 Å². The molecule has 2 fully saturated rings. The second kappa shape index (κ2) is 3.00. The molecule has 11 heavy (non-hydrogen) atoms. The summed E-state index contributed by atoms with van der Waals surface area (Å²) in [6.45, 7) is 2.21. The molecule has 0 amide bonds. The van der Waals surface area contributed by atoms with Crippen LogP contribution in [0.2, 0.25) is 0 Å². The third-order valence-corrected chi connectivity index (χ3v) is 3.56. The van der Waals surface area contributed by atoms with Crippen molar-refractivity contribution in [3.63, 3.8) is 0 Å². The topological polar surface area (TPSA) is 0 Å². The van der Waals surface area contributed by atoms with Gasteiger partial charge in [0.25, 0.3) is 0 Å². The first-order chi connectivity index (χ1) is 5.42. The zero-order chi connectivity index (χ0) is 7.68. The molecule has 2 aliphatic rings. The molecule has 0 heteroatoms. The molecule has 0 bridgehead atoms. The van der Waals surface area contributed by atoms with Gasteiger partial charge in [0.15, 0.2) is 0 Å². The molecule has 0 heterocycles. The fraction of sp³-hybridized carbons (Fsp3) is 0.818. The van der Waals surface area contributed by atoms with Gasteiger partial charge in [0, 0.05) is 0 Å². The Balaban J connectivity index is 2.10. The predicted octanol–water partition coefficient (Wildman–Crippen LogP) is 3.53. The van der Waals surface area contributed by atoms with Crippen molar-refractivity contribution in [2.24, 2.45) is 11.8 Å². The van der Waals surface area contributed by atoms with Crippen LogP contribution in [0.5, 0.6) is 0 Å². The molecule has 0 aromatic rings. The molecule has 2 rings (SSSR count). The van der Waals surface area contributed by atoms with Crippen LogP contribution in [-0.2, 0) is 0 Å². The molecule has 0 nitrogen and oxygen atoms in total. The molecule has 2 saturated carbocycles. The van der Waals surface area contributed by atoms with Crippen LogP contribution in [0.4, 0.5) is 0 Å². The zero-order valence-corrected chi connectivity index (χ0v) is 7.47. The van der Waals surface area contributed by atoms with Crippen LogP contribution < -0.4 is 0 Å². The monoisotopic (exact) mass is 150 g/mol. The van der Waals surface area contributed by atoms with E-state index in [4.69, 9.17) is 0 Å². The second-order valence-electron chi connectivity index (χ2n) is 4.05. The summed E-state index contributed by atoms with van der Waals surface area (Å²) in [5.74, 6) is 2.09. The Hall–Kier alpha value is -0.260. The third-order valence-electron chi connectivity index (χ3n) is 3.56. The number of hydrogen-bond donors (Lipinski definition) is 0. The quantitative estimate of drug-likeness (QED) is 0.463. The van der Waals surface area contributed by atoms with Gasteiger partial charge in [-0.2, -0.15) is 0 Å². The van der Waals surface area contributed by atoms with Gasteiger partial charge in [0.05, 0.1) is 0 Å². The summed E-state index contributed by atoms with van der Waals surface area (Å²) in [5.41, 5.74) is 1.77. The maximum atomic E-state index is 2.37. The van der Waals surface area contributed by atoms with Gasteiger partial charge in [-0.05, 0) is 44.4 Å². The summed E-state index contributed by atoms with van der Waals surface area (Å²) < 4.78 is 0. The molecule has 0 aromatic carbocycles. The van der Waals surface area contributed by atoms with Crippen molar-refractivity contribution < 1.29 is 0 Å². The van der Waals surface area contributed by atoms with Gasteiger partial charge in [0.2, 0.25) is 0 Å². The Labute approximate surface area is 69.7 Å². The SMILES string of the molecule is C/C=C1/CC[C@@H]2CCCC[C@@H]12. The second-order valence-corrected chi connectivity index (χ2v) is 4.05. The third kappa shape index (κ3) is 1.23. The zero-order valence-electron chi connectivity index (χ0n) is 7.47. The maximum Gasteiger partial charge on any atom is -0.0175 e. The molecule has 0 aromatic heterocycles. The minimum absolute atomic E-state index is 1.01. The minimum Gasteiger partial charge on any atom is -0.0882 e. The van der Waals surface area contributed by atoms with E-state index >= 15 is 0 Å². The van der Waals surface area contributed by atoms with Gasteiger partial charge in [-0.3, -0.25) is 0 Å². The fourth-order valence-electron chi connectivity index (χ4n) is 2.94. The Kier molecular flexibility index (Phi) is 2.02. The summed E-state index contributed by atoms with van der Waals surface area (Å²) in [7, 11) is 0. The highest BCUT2D eigenvalue weighted by Crippen LogP contribution is 2.45. The summed E-state index contributed by atoms with van der Waals surface area (Å²) in [5, 5.41) is 0. The molecule has 0 unspecified atom stereocenters. The van der Waals surface area contributed by atoms with Gasteiger partial charge >= 0.3 is 0 Å². The summed E-state index contributed by atoms with van der Waals surface area (Å²) >= 11 is 0. The first kappa shape index (κ1) is 7.39. The van der Waals surface area contributed by atoms with E-state index in [2.05, 4.69) is 13.0 Å². The van der Waals surface area contributed by atoms with E-state index in [1.165, 1.54) is 38.5 Å². The van der Waals surface area contributed by atoms with E-state index in [1.54, 1.807) is 5.57 Å². The number of allylic oxidation sites excluding steroid dienone is 2. The van der Waals surface area contributed by atoms with Crippen molar-refractivity contribution in [2.45, 2.75) is 45.4 Å². The van der Waals surface area contributed by atoms with E-state index < -0.39 is 0 Å². The van der Waals surface area contributed by atoms with Crippen LogP contribution >= 0.6 is 0 Å². The van der Waals surface area contributed by atoms with Crippen molar-refractivity contribution in [2.75, 3.05) is 0 Å². The van der Waals surface area contributed by atoms with Gasteiger partial charge in [-0.25, -0.2) is 0 Å². The van der Waals surface area contributed by atoms with Crippen LogP contribution in [-0.4, -0.2) is 0 Å². The van der Waals surface area contributed by atoms with Gasteiger partial charge in [-0.15, -0.1) is 0 Å². The number of hydrogen-bond acceptors (Lipinski definition) is 0. The average molecular weight is 150 g/mol. The standard InChI is InChI=1S/C11H18/c1-2-9-7-8-10-5-3-4-6-11(9)10/h2,10-11H,3-8H2,1H3/b9-2-/t10-,11-/m0/s1. The Morgan fingerprint density at radius 3 is 2.82 bits per heavy atom. The Morgan fingerprint density at radius 1 is 1.18 bits per heavy atom. The largest absolute Gasteiger partial charge is 0.0882 e. The molecule has 0 aliphatic heterocycles. The lowest BCUT2D eigenvalue weighted by Crippen LogP contribution is -2.13. The Morgan fingerprint density at radius 2 is 2.00 bits per heavy atom. The normalized spacial score (nSPS) is 41.0. The van der Waals surface area contributed by atoms with E-state index in [9.17, 15) is 0 Å². The number of rotatable bonds is 0. The lowest BCUT2D eigenvalue weighted by molar-refractivity contribution is 0.302. The minimum atomic E-state index is 1.01. The summed E-state index contributed by atoms with van der Waals surface area (Å²) in [6.07, 6.45) is 11.3. The molecule has 0 radical (unpaired) electrons. The smallest absolute Gasteiger partial charge is 0.0175 e. The molecule has 2 aliphatic carbocycles. The van der Waals surface area contributed by atoms with Crippen molar-refractivity contribution in [1.29, 1.82) is 0 Å². The van der Waals surface area contributed by atoms with E-state index in [1.807, 2.05) is 0 Å². The summed E-state index contributed by atoms with van der Waals surface area (Å²) in [6, 6.07) is 0. The van der Waals surface area contributed by atoms with E-state index in [0.29, 0.717) is 0 Å². The van der Waals surface area contributed by atoms with Crippen LogP contribution in [0.3, 0.4) is 0 Å². The maximum absolute atomic E-state index is 2.37. The van der Waals surface area contributed by atoms with Crippen molar-refractivity contribution in [1.82, 2.24) is 0 Å². The van der Waals surface area contributed by atoms with Gasteiger partial charge < -0.3 is 0 Å². The molecule has 2 atom stereocenters. The fourth-order valence-corrected chi connectivity index (χ4v) is 2.94. The van der Waals surface area contributed by atoms with Crippen molar-refractivity contribution in [3.05, 3.63) is 11.6 Å². The van der Waals surface area contributed by atoms with E-state index in [-0.39, 0.29) is 0 Å². The van der Waals surface area contributed by atoms with Crippen LogP contribution in [0, 0.1) is 11.8 Å². The predicted molar refractivity (Wildman–Crippen MR) is 48.4 cm³/mol. The first-order valence-electron chi connectivity index (χ1n) is 5.07. The first-order valence-corrected chi connectivity index (χ1v) is 5.07. The van der Waals surface area contributed by atoms with E-state index in [0.717, 1.165) is 11.8 Å². The van der Waals surface area contributed by atoms with Crippen molar-refractivity contribution in [3.8, 4) is 0 Å². The highest BCUT2D eigenvalue weighted by Gasteiger charge is 2.32. The Bertz CT molecular complexity index is 167. The highest BCUT2D eigenvalue weighted by molar-refractivity contribution is 5.13. The van der Waals surface area contributed by atoms with Gasteiger partial charge in [-0.1, -0.05) is 24.5 Å².